The third-order valence-corrected chi connectivity index (χ3v) is 3.87. The van der Waals surface area contributed by atoms with E-state index in [9.17, 15) is 9.59 Å². The van der Waals surface area contributed by atoms with Gasteiger partial charge >= 0.3 is 5.97 Å². The lowest BCUT2D eigenvalue weighted by Crippen LogP contribution is -2.11. The van der Waals surface area contributed by atoms with Gasteiger partial charge in [0.15, 0.2) is 0 Å². The maximum absolute atomic E-state index is 11.7. The Morgan fingerprint density at radius 2 is 1.80 bits per heavy atom. The number of primary amides is 1. The summed E-state index contributed by atoms with van der Waals surface area (Å²) >= 11 is 0. The van der Waals surface area contributed by atoms with Crippen molar-refractivity contribution in [3.8, 4) is 0 Å². The Labute approximate surface area is 119 Å². The first-order valence-electron chi connectivity index (χ1n) is 7.19. The second-order valence-corrected chi connectivity index (χ2v) is 5.41. The van der Waals surface area contributed by atoms with Crippen LogP contribution in [-0.2, 0) is 16.1 Å². The van der Waals surface area contributed by atoms with Crippen LogP contribution in [0.5, 0.6) is 0 Å². The summed E-state index contributed by atoms with van der Waals surface area (Å²) in [4.78, 5) is 22.6. The Balaban J connectivity index is 1.70. The van der Waals surface area contributed by atoms with Crippen molar-refractivity contribution in [2.24, 2.45) is 11.7 Å². The van der Waals surface area contributed by atoms with Gasteiger partial charge in [0.05, 0.1) is 0 Å². The number of carbonyl (C=O) groups is 2. The first-order chi connectivity index (χ1) is 9.65. The van der Waals surface area contributed by atoms with Crippen LogP contribution in [-0.4, -0.2) is 11.9 Å². The van der Waals surface area contributed by atoms with Crippen molar-refractivity contribution in [3.63, 3.8) is 0 Å². The molecule has 0 aliphatic heterocycles. The van der Waals surface area contributed by atoms with Crippen LogP contribution in [0.4, 0.5) is 0 Å². The van der Waals surface area contributed by atoms with Gasteiger partial charge in [0.2, 0.25) is 5.91 Å². The average molecular weight is 275 g/mol. The Hall–Kier alpha value is -1.84. The van der Waals surface area contributed by atoms with Gasteiger partial charge in [-0.25, -0.2) is 0 Å². The van der Waals surface area contributed by atoms with Gasteiger partial charge in [0.1, 0.15) is 6.61 Å². The number of ether oxygens (including phenoxy) is 1. The number of hydrogen-bond acceptors (Lipinski definition) is 3. The zero-order valence-electron chi connectivity index (χ0n) is 11.6. The molecule has 2 rings (SSSR count). The molecule has 0 spiro atoms. The SMILES string of the molecule is NC(=O)c1ccc(COC(=O)CCC2CCCC2)cc1. The predicted molar refractivity (Wildman–Crippen MR) is 75.9 cm³/mol. The molecule has 1 amide bonds. The highest BCUT2D eigenvalue weighted by Crippen LogP contribution is 2.28. The lowest BCUT2D eigenvalue weighted by molar-refractivity contribution is -0.145. The molecular weight excluding hydrogens is 254 g/mol. The minimum Gasteiger partial charge on any atom is -0.461 e. The Bertz CT molecular complexity index is 461. The van der Waals surface area contributed by atoms with E-state index in [2.05, 4.69) is 0 Å². The van der Waals surface area contributed by atoms with E-state index in [1.54, 1.807) is 24.3 Å². The summed E-state index contributed by atoms with van der Waals surface area (Å²) < 4.78 is 5.23. The smallest absolute Gasteiger partial charge is 0.306 e. The van der Waals surface area contributed by atoms with E-state index in [-0.39, 0.29) is 12.6 Å². The normalized spacial score (nSPS) is 15.2. The minimum atomic E-state index is -0.454. The van der Waals surface area contributed by atoms with Crippen molar-refractivity contribution in [3.05, 3.63) is 35.4 Å². The molecule has 0 radical (unpaired) electrons. The van der Waals surface area contributed by atoms with Crippen LogP contribution in [0, 0.1) is 5.92 Å². The molecule has 1 aliphatic carbocycles. The second kappa shape index (κ2) is 7.08. The highest BCUT2D eigenvalue weighted by molar-refractivity contribution is 5.92. The van der Waals surface area contributed by atoms with Crippen LogP contribution in [0.15, 0.2) is 24.3 Å². The molecule has 0 unspecified atom stereocenters. The number of esters is 1. The lowest BCUT2D eigenvalue weighted by atomic mass is 10.0. The molecule has 2 N–H and O–H groups in total. The van der Waals surface area contributed by atoms with Gasteiger partial charge in [-0.15, -0.1) is 0 Å². The molecule has 0 bridgehead atoms. The van der Waals surface area contributed by atoms with Gasteiger partial charge in [-0.05, 0) is 30.0 Å². The predicted octanol–water partition coefficient (Wildman–Crippen LogP) is 2.80. The number of rotatable bonds is 6. The molecule has 1 aliphatic rings. The van der Waals surface area contributed by atoms with Crippen molar-refractivity contribution in [2.45, 2.75) is 45.1 Å². The number of hydrogen-bond donors (Lipinski definition) is 1. The van der Waals surface area contributed by atoms with Gasteiger partial charge in [-0.2, -0.15) is 0 Å². The fourth-order valence-corrected chi connectivity index (χ4v) is 2.62. The van der Waals surface area contributed by atoms with Crippen molar-refractivity contribution < 1.29 is 14.3 Å². The molecule has 4 nitrogen and oxygen atoms in total. The van der Waals surface area contributed by atoms with Crippen LogP contribution in [0.1, 0.15) is 54.4 Å². The van der Waals surface area contributed by atoms with E-state index in [0.717, 1.165) is 12.0 Å². The average Bonchev–Trinajstić information content (AvgIpc) is 2.96. The quantitative estimate of drug-likeness (QED) is 0.812. The Morgan fingerprint density at radius 3 is 2.40 bits per heavy atom. The Morgan fingerprint density at radius 1 is 1.15 bits per heavy atom. The summed E-state index contributed by atoms with van der Waals surface area (Å²) in [5.41, 5.74) is 6.49. The van der Waals surface area contributed by atoms with E-state index in [4.69, 9.17) is 10.5 Å². The highest BCUT2D eigenvalue weighted by Gasteiger charge is 2.16. The van der Waals surface area contributed by atoms with E-state index in [1.165, 1.54) is 25.7 Å². The largest absolute Gasteiger partial charge is 0.461 e. The van der Waals surface area contributed by atoms with Crippen LogP contribution in [0.3, 0.4) is 0 Å². The molecule has 1 aromatic carbocycles. The maximum atomic E-state index is 11.7. The van der Waals surface area contributed by atoms with Crippen molar-refractivity contribution in [2.75, 3.05) is 0 Å². The van der Waals surface area contributed by atoms with Crippen LogP contribution in [0.2, 0.25) is 0 Å². The van der Waals surface area contributed by atoms with Crippen molar-refractivity contribution >= 4 is 11.9 Å². The lowest BCUT2D eigenvalue weighted by Gasteiger charge is -2.09. The number of nitrogens with two attached hydrogens (primary N) is 1. The van der Waals surface area contributed by atoms with E-state index in [1.807, 2.05) is 0 Å². The van der Waals surface area contributed by atoms with Gasteiger partial charge in [0, 0.05) is 12.0 Å². The topological polar surface area (TPSA) is 69.4 Å². The zero-order valence-corrected chi connectivity index (χ0v) is 11.6. The van der Waals surface area contributed by atoms with Gasteiger partial charge in [-0.3, -0.25) is 9.59 Å². The van der Waals surface area contributed by atoms with Crippen molar-refractivity contribution in [1.82, 2.24) is 0 Å². The molecule has 108 valence electrons. The third-order valence-electron chi connectivity index (χ3n) is 3.87. The van der Waals surface area contributed by atoms with Gasteiger partial charge < -0.3 is 10.5 Å². The molecule has 0 atom stereocenters. The summed E-state index contributed by atoms with van der Waals surface area (Å²) in [7, 11) is 0. The minimum absolute atomic E-state index is 0.143. The van der Waals surface area contributed by atoms with Crippen LogP contribution in [0.25, 0.3) is 0 Å². The molecular formula is C16H21NO3. The molecule has 0 saturated heterocycles. The zero-order chi connectivity index (χ0) is 14.4. The Kier molecular flexibility index (Phi) is 5.16. The number of amides is 1. The number of benzene rings is 1. The standard InChI is InChI=1S/C16H21NO3/c17-16(19)14-8-5-13(6-9-14)11-20-15(18)10-7-12-3-1-2-4-12/h5-6,8-9,12H,1-4,7,10-11H2,(H2,17,19). The molecule has 1 aromatic rings. The maximum Gasteiger partial charge on any atom is 0.306 e. The highest BCUT2D eigenvalue weighted by atomic mass is 16.5. The third kappa shape index (κ3) is 4.37. The fraction of sp³-hybridized carbons (Fsp3) is 0.500. The van der Waals surface area contributed by atoms with E-state index < -0.39 is 5.91 Å². The van der Waals surface area contributed by atoms with Gasteiger partial charge in [-0.1, -0.05) is 37.8 Å². The first kappa shape index (κ1) is 14.6. The van der Waals surface area contributed by atoms with E-state index in [0.29, 0.717) is 17.9 Å². The fourth-order valence-electron chi connectivity index (χ4n) is 2.62. The molecule has 0 heterocycles. The summed E-state index contributed by atoms with van der Waals surface area (Å²) in [5, 5.41) is 0. The van der Waals surface area contributed by atoms with Crippen LogP contribution < -0.4 is 5.73 Å². The number of carbonyl (C=O) groups excluding carboxylic acids is 2. The monoisotopic (exact) mass is 275 g/mol. The first-order valence-corrected chi connectivity index (χ1v) is 7.19. The second-order valence-electron chi connectivity index (χ2n) is 5.41. The van der Waals surface area contributed by atoms with Gasteiger partial charge in [0.25, 0.3) is 0 Å². The molecule has 20 heavy (non-hydrogen) atoms. The molecule has 0 aromatic heterocycles. The van der Waals surface area contributed by atoms with Crippen molar-refractivity contribution in [1.29, 1.82) is 0 Å². The molecule has 4 heteroatoms. The van der Waals surface area contributed by atoms with E-state index >= 15 is 0 Å². The summed E-state index contributed by atoms with van der Waals surface area (Å²) in [6, 6.07) is 6.79. The summed E-state index contributed by atoms with van der Waals surface area (Å²) in [6.45, 7) is 0.253. The summed E-state index contributed by atoms with van der Waals surface area (Å²) in [6.07, 6.45) is 6.55. The molecule has 1 saturated carbocycles. The summed E-state index contributed by atoms with van der Waals surface area (Å²) in [5.74, 6) is 0.110. The molecule has 1 fully saturated rings. The van der Waals surface area contributed by atoms with Crippen LogP contribution >= 0.6 is 0 Å².